The number of halogens is 1. The molecule has 0 aliphatic heterocycles. The van der Waals surface area contributed by atoms with Gasteiger partial charge in [-0.3, -0.25) is 4.79 Å². The number of amides is 1. The molecule has 0 unspecified atom stereocenters. The van der Waals surface area contributed by atoms with Gasteiger partial charge in [-0.2, -0.15) is 0 Å². The van der Waals surface area contributed by atoms with Crippen LogP contribution in [0.5, 0.6) is 0 Å². The lowest BCUT2D eigenvalue weighted by molar-refractivity contribution is -0.105. The third-order valence-corrected chi connectivity index (χ3v) is 2.04. The molecule has 1 heterocycles. The summed E-state index contributed by atoms with van der Waals surface area (Å²) < 4.78 is 0. The summed E-state index contributed by atoms with van der Waals surface area (Å²) in [5.74, 6) is 0.411. The first-order valence-corrected chi connectivity index (χ1v) is 4.57. The van der Waals surface area contributed by atoms with Crippen LogP contribution in [0.4, 0.5) is 5.82 Å². The summed E-state index contributed by atoms with van der Waals surface area (Å²) in [4.78, 5) is 10.2. The van der Waals surface area contributed by atoms with Crippen LogP contribution in [0.15, 0.2) is 6.07 Å². The predicted molar refractivity (Wildman–Crippen MR) is 55.4 cm³/mol. The van der Waals surface area contributed by atoms with Crippen molar-refractivity contribution in [3.05, 3.63) is 16.8 Å². The van der Waals surface area contributed by atoms with E-state index >= 15 is 0 Å². The maximum atomic E-state index is 10.2. The van der Waals surface area contributed by atoms with E-state index in [1.165, 1.54) is 0 Å². The van der Waals surface area contributed by atoms with Gasteiger partial charge in [0, 0.05) is 5.56 Å². The van der Waals surface area contributed by atoms with Crippen molar-refractivity contribution in [2.24, 2.45) is 0 Å². The minimum Gasteiger partial charge on any atom is -0.312 e. The molecule has 0 aromatic carbocycles. The van der Waals surface area contributed by atoms with E-state index in [4.69, 9.17) is 11.6 Å². The monoisotopic (exact) mass is 213 g/mol. The Balaban J connectivity index is 3.15. The molecule has 1 rings (SSSR count). The quantitative estimate of drug-likeness (QED) is 0.765. The van der Waals surface area contributed by atoms with Crippen LogP contribution in [0.2, 0.25) is 5.15 Å². The van der Waals surface area contributed by atoms with E-state index in [2.05, 4.69) is 15.5 Å². The van der Waals surface area contributed by atoms with Gasteiger partial charge in [-0.25, -0.2) is 0 Å². The Morgan fingerprint density at radius 1 is 1.43 bits per heavy atom. The van der Waals surface area contributed by atoms with Gasteiger partial charge in [0.1, 0.15) is 0 Å². The van der Waals surface area contributed by atoms with E-state index in [1.807, 2.05) is 20.8 Å². The van der Waals surface area contributed by atoms with Crippen molar-refractivity contribution in [2.45, 2.75) is 26.2 Å². The van der Waals surface area contributed by atoms with Gasteiger partial charge >= 0.3 is 0 Å². The second-order valence-corrected chi connectivity index (χ2v) is 4.30. The molecule has 0 saturated heterocycles. The summed E-state index contributed by atoms with van der Waals surface area (Å²) in [6.07, 6.45) is 0.560. The third kappa shape index (κ3) is 2.42. The molecule has 0 atom stereocenters. The van der Waals surface area contributed by atoms with Crippen molar-refractivity contribution in [3.63, 3.8) is 0 Å². The Hall–Kier alpha value is -1.16. The van der Waals surface area contributed by atoms with Crippen LogP contribution in [0.1, 0.15) is 26.3 Å². The first kappa shape index (κ1) is 10.9. The van der Waals surface area contributed by atoms with Crippen LogP contribution in [0.3, 0.4) is 0 Å². The van der Waals surface area contributed by atoms with E-state index in [0.29, 0.717) is 17.4 Å². The van der Waals surface area contributed by atoms with Gasteiger partial charge < -0.3 is 5.32 Å². The molecule has 1 aromatic heterocycles. The molecule has 0 saturated carbocycles. The lowest BCUT2D eigenvalue weighted by Crippen LogP contribution is -2.14. The van der Waals surface area contributed by atoms with Gasteiger partial charge in [0.05, 0.1) is 0 Å². The summed E-state index contributed by atoms with van der Waals surface area (Å²) in [6.45, 7) is 6.04. The van der Waals surface area contributed by atoms with Gasteiger partial charge in [0.15, 0.2) is 11.0 Å². The Labute approximate surface area is 87.7 Å². The number of carbonyl (C=O) groups is 1. The van der Waals surface area contributed by atoms with Gasteiger partial charge in [-0.15, -0.1) is 10.2 Å². The topological polar surface area (TPSA) is 54.9 Å². The molecule has 4 nitrogen and oxygen atoms in total. The minimum absolute atomic E-state index is 0.119. The number of carbonyl (C=O) groups excluding carboxylic acids is 1. The molecule has 14 heavy (non-hydrogen) atoms. The van der Waals surface area contributed by atoms with Crippen LogP contribution in [0.25, 0.3) is 0 Å². The van der Waals surface area contributed by atoms with E-state index in [9.17, 15) is 4.79 Å². The van der Waals surface area contributed by atoms with Crippen LogP contribution < -0.4 is 5.32 Å². The average molecular weight is 214 g/mol. The molecule has 76 valence electrons. The first-order chi connectivity index (χ1) is 6.45. The number of anilines is 1. The number of aromatic nitrogens is 2. The summed E-state index contributed by atoms with van der Waals surface area (Å²) in [5.41, 5.74) is 0.741. The van der Waals surface area contributed by atoms with Crippen molar-refractivity contribution in [1.29, 1.82) is 0 Å². The zero-order valence-electron chi connectivity index (χ0n) is 8.34. The van der Waals surface area contributed by atoms with E-state index in [1.54, 1.807) is 6.07 Å². The van der Waals surface area contributed by atoms with Crippen LogP contribution in [-0.2, 0) is 10.2 Å². The molecule has 0 fully saturated rings. The fourth-order valence-electron chi connectivity index (χ4n) is 1.03. The molecule has 0 bridgehead atoms. The highest BCUT2D eigenvalue weighted by Crippen LogP contribution is 2.28. The number of nitrogens with zero attached hydrogens (tertiary/aromatic N) is 2. The summed E-state index contributed by atoms with van der Waals surface area (Å²) >= 11 is 5.89. The number of hydrogen-bond acceptors (Lipinski definition) is 3. The molecular formula is C9H12ClN3O. The van der Waals surface area contributed by atoms with Gasteiger partial charge in [0.2, 0.25) is 6.41 Å². The second kappa shape index (κ2) is 3.92. The van der Waals surface area contributed by atoms with Crippen molar-refractivity contribution in [3.8, 4) is 0 Å². The fourth-order valence-corrected chi connectivity index (χ4v) is 1.41. The zero-order valence-corrected chi connectivity index (χ0v) is 9.09. The van der Waals surface area contributed by atoms with E-state index < -0.39 is 0 Å². The van der Waals surface area contributed by atoms with Crippen molar-refractivity contribution in [2.75, 3.05) is 5.32 Å². The Bertz CT molecular complexity index is 346. The van der Waals surface area contributed by atoms with E-state index in [-0.39, 0.29) is 5.41 Å². The number of nitrogens with one attached hydrogen (secondary N) is 1. The fraction of sp³-hybridized carbons (Fsp3) is 0.444. The molecule has 0 spiro atoms. The summed E-state index contributed by atoms with van der Waals surface area (Å²) in [6, 6.07) is 1.73. The average Bonchev–Trinajstić information content (AvgIpc) is 2.07. The zero-order chi connectivity index (χ0) is 10.8. The minimum atomic E-state index is -0.119. The second-order valence-electron chi connectivity index (χ2n) is 3.95. The van der Waals surface area contributed by atoms with Crippen LogP contribution >= 0.6 is 11.6 Å². The van der Waals surface area contributed by atoms with Gasteiger partial charge in [0.25, 0.3) is 0 Å². The third-order valence-electron chi connectivity index (χ3n) is 1.76. The molecule has 1 aromatic rings. The summed E-state index contributed by atoms with van der Waals surface area (Å²) in [5, 5.41) is 10.3. The highest BCUT2D eigenvalue weighted by Gasteiger charge is 2.19. The highest BCUT2D eigenvalue weighted by atomic mass is 35.5. The van der Waals surface area contributed by atoms with Crippen molar-refractivity contribution < 1.29 is 4.79 Å². The molecule has 5 heteroatoms. The largest absolute Gasteiger partial charge is 0.312 e. The first-order valence-electron chi connectivity index (χ1n) is 4.19. The van der Waals surface area contributed by atoms with Gasteiger partial charge in [-0.1, -0.05) is 32.4 Å². The predicted octanol–water partition coefficient (Wildman–Crippen LogP) is 2.00. The maximum absolute atomic E-state index is 10.2. The molecular weight excluding hydrogens is 202 g/mol. The van der Waals surface area contributed by atoms with Crippen LogP contribution in [0, 0.1) is 0 Å². The highest BCUT2D eigenvalue weighted by molar-refractivity contribution is 6.30. The normalized spacial score (nSPS) is 11.1. The molecule has 0 aliphatic carbocycles. The van der Waals surface area contributed by atoms with Gasteiger partial charge in [-0.05, 0) is 11.5 Å². The maximum Gasteiger partial charge on any atom is 0.212 e. The lowest BCUT2D eigenvalue weighted by atomic mass is 9.88. The lowest BCUT2D eigenvalue weighted by Gasteiger charge is -2.19. The Morgan fingerprint density at radius 2 is 2.07 bits per heavy atom. The molecule has 0 radical (unpaired) electrons. The van der Waals surface area contributed by atoms with E-state index in [0.717, 1.165) is 5.56 Å². The molecule has 1 amide bonds. The molecule has 1 N–H and O–H groups in total. The van der Waals surface area contributed by atoms with Crippen LogP contribution in [-0.4, -0.2) is 16.6 Å². The molecule has 0 aliphatic rings. The SMILES string of the molecule is CC(C)(C)c1cc(NC=O)nnc1Cl. The smallest absolute Gasteiger partial charge is 0.212 e. The Morgan fingerprint density at radius 3 is 2.57 bits per heavy atom. The number of hydrogen-bond donors (Lipinski definition) is 1. The number of rotatable bonds is 2. The van der Waals surface area contributed by atoms with Crippen molar-refractivity contribution in [1.82, 2.24) is 10.2 Å². The van der Waals surface area contributed by atoms with Crippen molar-refractivity contribution >= 4 is 23.8 Å². The Kier molecular flexibility index (Phi) is 3.06. The standard InChI is InChI=1S/C9H12ClN3O/c1-9(2,3)6-4-7(11-5-14)12-13-8(6)10/h4-5H,1-3H3,(H,11,12,14). The summed E-state index contributed by atoms with van der Waals surface area (Å²) in [7, 11) is 0.